The Morgan fingerprint density at radius 3 is 1.45 bits per heavy atom. The predicted octanol–water partition coefficient (Wildman–Crippen LogP) is 5.29. The average molecular weight is 490 g/mol. The van der Waals surface area contributed by atoms with E-state index in [2.05, 4.69) is 0 Å². The van der Waals surface area contributed by atoms with Crippen LogP contribution in [0.1, 0.15) is 26.2 Å². The molecule has 0 aromatic heterocycles. The molecule has 0 aliphatic carbocycles. The second-order valence-electron chi connectivity index (χ2n) is 7.84. The summed E-state index contributed by atoms with van der Waals surface area (Å²) in [5.74, 6) is 0. The van der Waals surface area contributed by atoms with Crippen LogP contribution < -0.4 is 21.0 Å². The first-order chi connectivity index (χ1) is 15.7. The van der Waals surface area contributed by atoms with Crippen LogP contribution in [0.25, 0.3) is 0 Å². The Bertz CT molecular complexity index is 993. The van der Waals surface area contributed by atoms with Crippen molar-refractivity contribution >= 4 is 34.8 Å². The largest absolute Gasteiger partial charge is 0.838 e. The Labute approximate surface area is 198 Å². The Balaban J connectivity index is 2.56. The fourth-order valence-electron chi connectivity index (χ4n) is 4.29. The maximum atomic E-state index is 14.7. The van der Waals surface area contributed by atoms with Crippen LogP contribution >= 0.6 is 18.9 Å². The van der Waals surface area contributed by atoms with Gasteiger partial charge in [0, 0.05) is 0 Å². The van der Waals surface area contributed by atoms with E-state index in [1.807, 2.05) is 0 Å². The normalized spacial score (nSPS) is 15.8. The monoisotopic (exact) mass is 489 g/mol. The first-order valence-electron chi connectivity index (χ1n) is 10.6. The molecule has 0 radical (unpaired) electrons. The quantitative estimate of drug-likeness (QED) is 0.319. The first-order valence-corrected chi connectivity index (χ1v) is 12.8. The minimum absolute atomic E-state index is 0.00245. The van der Waals surface area contributed by atoms with Crippen molar-refractivity contribution in [3.8, 4) is 6.07 Å². The van der Waals surface area contributed by atoms with Gasteiger partial charge in [-0.3, -0.25) is 0 Å². The van der Waals surface area contributed by atoms with Gasteiger partial charge in [-0.25, -0.2) is 0 Å². The van der Waals surface area contributed by atoms with Gasteiger partial charge in [-0.1, -0.05) is 86.0 Å². The van der Waals surface area contributed by atoms with Gasteiger partial charge in [0.1, 0.15) is 29.2 Å². The summed E-state index contributed by atoms with van der Waals surface area (Å²) in [7, 11) is -3.66. The standard InChI is InChI=1S/C26H24ClF3NOP/c1-2-3-19-24(32,26(28,29)30)25(27,20-31)33(21-13-7-4-8-14-21,22-15-9-5-10-16-22)23-17-11-6-12-18-23/h4-18H,2-3,19H2,1H3. The zero-order valence-corrected chi connectivity index (χ0v) is 19.7. The SMILES string of the molecule is CCCCC([O-])(C(F)(F)F)C(Cl)(C#N)[P+](c1ccccc1)(c1ccccc1)c1ccccc1. The average Bonchev–Trinajstić information content (AvgIpc) is 2.84. The van der Waals surface area contributed by atoms with E-state index in [0.29, 0.717) is 22.3 Å². The molecule has 33 heavy (non-hydrogen) atoms. The summed E-state index contributed by atoms with van der Waals surface area (Å²) >= 11 is 6.93. The second kappa shape index (κ2) is 9.85. The number of unbranched alkanes of at least 4 members (excludes halogenated alkanes) is 1. The number of hydrogen-bond donors (Lipinski definition) is 0. The van der Waals surface area contributed by atoms with E-state index in [0.717, 1.165) is 0 Å². The molecule has 2 atom stereocenters. The van der Waals surface area contributed by atoms with Crippen molar-refractivity contribution in [3.05, 3.63) is 91.0 Å². The highest BCUT2D eigenvalue weighted by atomic mass is 35.5. The molecule has 0 spiro atoms. The van der Waals surface area contributed by atoms with E-state index in [1.54, 1.807) is 104 Å². The number of halogens is 4. The zero-order chi connectivity index (χ0) is 24.2. The van der Waals surface area contributed by atoms with Crippen LogP contribution in [-0.2, 0) is 0 Å². The van der Waals surface area contributed by atoms with Crippen molar-refractivity contribution < 1.29 is 18.3 Å². The van der Waals surface area contributed by atoms with E-state index in [4.69, 9.17) is 11.6 Å². The molecule has 3 aromatic carbocycles. The Kier molecular flexibility index (Phi) is 7.54. The molecule has 0 heterocycles. The highest BCUT2D eigenvalue weighted by Gasteiger charge is 2.74. The number of alkyl halides is 4. The summed E-state index contributed by atoms with van der Waals surface area (Å²) in [4.78, 5) is 0. The molecule has 0 aliphatic heterocycles. The minimum atomic E-state index is -5.25. The van der Waals surface area contributed by atoms with Gasteiger partial charge in [0.05, 0.1) is 5.60 Å². The topological polar surface area (TPSA) is 46.8 Å². The summed E-state index contributed by atoms with van der Waals surface area (Å²) in [5.41, 5.74) is -3.71. The lowest BCUT2D eigenvalue weighted by molar-refractivity contribution is -0.541. The van der Waals surface area contributed by atoms with E-state index in [-0.39, 0.29) is 6.42 Å². The van der Waals surface area contributed by atoms with Gasteiger partial charge in [-0.05, 0) is 42.8 Å². The van der Waals surface area contributed by atoms with E-state index in [1.165, 1.54) is 0 Å². The molecule has 0 amide bonds. The van der Waals surface area contributed by atoms with Crippen molar-refractivity contribution in [3.63, 3.8) is 0 Å². The van der Waals surface area contributed by atoms with Crippen molar-refractivity contribution in [2.45, 2.75) is 42.6 Å². The van der Waals surface area contributed by atoms with Crippen LogP contribution in [0.4, 0.5) is 13.2 Å². The molecule has 0 fully saturated rings. The van der Waals surface area contributed by atoms with E-state index >= 15 is 0 Å². The van der Waals surface area contributed by atoms with E-state index in [9.17, 15) is 23.5 Å². The van der Waals surface area contributed by atoms with Gasteiger partial charge < -0.3 is 5.11 Å². The van der Waals surface area contributed by atoms with Crippen molar-refractivity contribution in [2.75, 3.05) is 0 Å². The first kappa shape index (κ1) is 25.2. The smallest absolute Gasteiger partial charge is 0.386 e. The Morgan fingerprint density at radius 2 is 1.18 bits per heavy atom. The molecule has 3 aromatic rings. The molecular formula is C26H24ClF3NOP. The molecule has 0 N–H and O–H groups in total. The van der Waals surface area contributed by atoms with Crippen molar-refractivity contribution in [1.82, 2.24) is 0 Å². The molecule has 2 unspecified atom stereocenters. The summed E-state index contributed by atoms with van der Waals surface area (Å²) < 4.78 is 41.1. The van der Waals surface area contributed by atoms with Gasteiger partial charge in [0.2, 0.25) is 4.62 Å². The number of hydrogen-bond acceptors (Lipinski definition) is 2. The Hall–Kier alpha value is -2.38. The van der Waals surface area contributed by atoms with Crippen molar-refractivity contribution in [2.24, 2.45) is 0 Å². The molecule has 2 nitrogen and oxygen atoms in total. The maximum Gasteiger partial charge on any atom is 0.386 e. The highest BCUT2D eigenvalue weighted by Crippen LogP contribution is 2.72. The molecule has 7 heteroatoms. The summed E-state index contributed by atoms with van der Waals surface area (Å²) in [6, 6.07) is 27.1. The van der Waals surface area contributed by atoms with Crippen LogP contribution in [0.3, 0.4) is 0 Å². The molecule has 0 aliphatic rings. The lowest BCUT2D eigenvalue weighted by Gasteiger charge is -2.53. The lowest BCUT2D eigenvalue weighted by Crippen LogP contribution is -2.71. The van der Waals surface area contributed by atoms with Crippen LogP contribution in [-0.4, -0.2) is 16.4 Å². The molecular weight excluding hydrogens is 466 g/mol. The predicted molar refractivity (Wildman–Crippen MR) is 128 cm³/mol. The molecule has 0 bridgehead atoms. The molecule has 0 saturated heterocycles. The number of rotatable bonds is 8. The van der Waals surface area contributed by atoms with Gasteiger partial charge in [0.25, 0.3) is 0 Å². The highest BCUT2D eigenvalue weighted by molar-refractivity contribution is 7.98. The summed E-state index contributed by atoms with van der Waals surface area (Å²) in [5, 5.41) is 25.8. The Morgan fingerprint density at radius 1 is 0.818 bits per heavy atom. The number of benzene rings is 3. The molecule has 172 valence electrons. The van der Waals surface area contributed by atoms with Gasteiger partial charge >= 0.3 is 6.18 Å². The minimum Gasteiger partial charge on any atom is -0.838 e. The van der Waals surface area contributed by atoms with Crippen LogP contribution in [0.15, 0.2) is 91.0 Å². The maximum absolute atomic E-state index is 14.7. The third kappa shape index (κ3) is 4.06. The van der Waals surface area contributed by atoms with Gasteiger partial charge in [-0.15, -0.1) is 0 Å². The van der Waals surface area contributed by atoms with Crippen LogP contribution in [0, 0.1) is 11.3 Å². The summed E-state index contributed by atoms with van der Waals surface area (Å²) in [6.07, 6.45) is -5.68. The van der Waals surface area contributed by atoms with Crippen LogP contribution in [0.2, 0.25) is 0 Å². The third-order valence-corrected chi connectivity index (χ3v) is 11.7. The van der Waals surface area contributed by atoms with Crippen LogP contribution in [0.5, 0.6) is 0 Å². The third-order valence-electron chi connectivity index (χ3n) is 5.92. The zero-order valence-electron chi connectivity index (χ0n) is 18.1. The second-order valence-corrected chi connectivity index (χ2v) is 12.2. The summed E-state index contributed by atoms with van der Waals surface area (Å²) in [6.45, 7) is 1.70. The van der Waals surface area contributed by atoms with Gasteiger partial charge in [-0.2, -0.15) is 18.4 Å². The lowest BCUT2D eigenvalue weighted by atomic mass is 9.92. The molecule has 3 rings (SSSR count). The van der Waals surface area contributed by atoms with Gasteiger partial charge in [0.15, 0.2) is 0 Å². The van der Waals surface area contributed by atoms with Crippen molar-refractivity contribution in [1.29, 1.82) is 5.26 Å². The fourth-order valence-corrected chi connectivity index (χ4v) is 10.1. The molecule has 0 saturated carbocycles. The fraction of sp³-hybridized carbons (Fsp3) is 0.269. The number of nitriles is 1. The number of nitrogens with zero attached hydrogens (tertiary/aromatic N) is 1. The van der Waals surface area contributed by atoms with E-state index < -0.39 is 30.1 Å².